The Kier molecular flexibility index (Phi) is 5.73. The van der Waals surface area contributed by atoms with Crippen molar-refractivity contribution in [2.24, 2.45) is 0 Å². The fourth-order valence-electron chi connectivity index (χ4n) is 0.923. The normalized spacial score (nSPS) is 8.55. The smallest absolute Gasteiger partial charge is 0.0607 e. The van der Waals surface area contributed by atoms with Crippen molar-refractivity contribution >= 4 is 0 Å². The first-order chi connectivity index (χ1) is 4.88. The van der Waals surface area contributed by atoms with Crippen LogP contribution in [0.25, 0.3) is 0 Å². The zero-order chi connectivity index (χ0) is 7.40. The molecule has 2 heteroatoms. The molecule has 0 saturated carbocycles. The van der Waals surface area contributed by atoms with Gasteiger partial charge in [-0.15, -0.1) is 11.6 Å². The van der Waals surface area contributed by atoms with Crippen molar-refractivity contribution in [3.8, 4) is 5.75 Å². The van der Waals surface area contributed by atoms with Gasteiger partial charge in [-0.3, -0.25) is 0 Å². The molecule has 0 bridgehead atoms. The summed E-state index contributed by atoms with van der Waals surface area (Å²) < 4.78 is 5.10. The third kappa shape index (κ3) is 2.89. The molecule has 0 fully saturated rings. The predicted octanol–water partition coefficient (Wildman–Crippen LogP) is 2.06. The van der Waals surface area contributed by atoms with Crippen LogP contribution in [0.5, 0.6) is 5.75 Å². The van der Waals surface area contributed by atoms with Crippen molar-refractivity contribution in [1.82, 2.24) is 0 Å². The molecule has 0 unspecified atom stereocenters. The monoisotopic (exact) mass is 373 g/mol. The van der Waals surface area contributed by atoms with Gasteiger partial charge in [0.25, 0.3) is 0 Å². The fourth-order valence-corrected chi connectivity index (χ4v) is 0.923. The molecule has 0 saturated heterocycles. The first kappa shape index (κ1) is 11.1. The molecular weight excluding hydrogens is 362 g/mol. The fraction of sp³-hybridized carbons (Fsp3) is 0.333. The molecule has 0 radical (unpaired) electrons. The van der Waals surface area contributed by atoms with Crippen LogP contribution in [0.3, 0.4) is 0 Å². The Morgan fingerprint density at radius 3 is 2.73 bits per heavy atom. The molecule has 0 atom stereocenters. The summed E-state index contributed by atoms with van der Waals surface area (Å²) in [5, 5.41) is 0. The Bertz CT molecular complexity index is 187. The molecule has 0 aliphatic carbocycles. The van der Waals surface area contributed by atoms with E-state index in [2.05, 4.69) is 13.0 Å². The average Bonchev–Trinajstić information content (AvgIpc) is 2.04. The second-order valence-corrected chi connectivity index (χ2v) is 2.07. The van der Waals surface area contributed by atoms with Crippen molar-refractivity contribution in [3.05, 3.63) is 29.8 Å². The summed E-state index contributed by atoms with van der Waals surface area (Å²) in [5.74, 6) is 0.935. The van der Waals surface area contributed by atoms with Gasteiger partial charge in [-0.25, -0.2) is 0 Å². The van der Waals surface area contributed by atoms with Gasteiger partial charge in [0, 0.05) is 36.9 Å². The summed E-state index contributed by atoms with van der Waals surface area (Å²) in [6.07, 6.45) is 0.976. The molecule has 0 aliphatic heterocycles. The van der Waals surface area contributed by atoms with Crippen LogP contribution in [0.2, 0.25) is 0 Å². The van der Waals surface area contributed by atoms with Crippen molar-refractivity contribution in [2.75, 3.05) is 7.11 Å². The molecule has 0 heterocycles. The maximum absolute atomic E-state index is 5.10. The molecule has 0 aliphatic rings. The summed E-state index contributed by atoms with van der Waals surface area (Å²) in [4.78, 5) is 0. The van der Waals surface area contributed by atoms with Gasteiger partial charge in [-0.2, -0.15) is 18.2 Å². The number of hydrogen-bond donors (Lipinski definition) is 0. The van der Waals surface area contributed by atoms with Crippen LogP contribution in [0, 0.1) is 37.2 Å². The summed E-state index contributed by atoms with van der Waals surface area (Å²) in [5.41, 5.74) is 1.14. The minimum atomic E-state index is 0. The van der Waals surface area contributed by atoms with E-state index >= 15 is 0 Å². The molecule has 0 aromatic heterocycles. The Labute approximate surface area is 91.5 Å². The minimum absolute atomic E-state index is 0. The SMILES string of the molecule is CCc1[c-]cccc1OC.[U]. The van der Waals surface area contributed by atoms with Gasteiger partial charge in [-0.1, -0.05) is 13.3 Å². The van der Waals surface area contributed by atoms with E-state index < -0.39 is 0 Å². The second kappa shape index (κ2) is 5.69. The predicted molar refractivity (Wildman–Crippen MR) is 41.2 cm³/mol. The molecule has 1 rings (SSSR count). The number of ether oxygens (including phenoxy) is 1. The van der Waals surface area contributed by atoms with Crippen molar-refractivity contribution in [1.29, 1.82) is 0 Å². The van der Waals surface area contributed by atoms with E-state index in [1.165, 1.54) is 0 Å². The summed E-state index contributed by atoms with van der Waals surface area (Å²) in [6.45, 7) is 2.09. The quantitative estimate of drug-likeness (QED) is 0.722. The summed E-state index contributed by atoms with van der Waals surface area (Å²) >= 11 is 0. The van der Waals surface area contributed by atoms with Gasteiger partial charge < -0.3 is 4.74 Å². The van der Waals surface area contributed by atoms with Gasteiger partial charge in [0.2, 0.25) is 0 Å². The third-order valence-corrected chi connectivity index (χ3v) is 1.47. The summed E-state index contributed by atoms with van der Waals surface area (Å²) in [6, 6.07) is 8.90. The van der Waals surface area contributed by atoms with Crippen molar-refractivity contribution in [3.63, 3.8) is 0 Å². The van der Waals surface area contributed by atoms with Gasteiger partial charge in [0.1, 0.15) is 0 Å². The van der Waals surface area contributed by atoms with Crippen LogP contribution in [0.4, 0.5) is 0 Å². The number of rotatable bonds is 2. The van der Waals surface area contributed by atoms with Crippen LogP contribution in [-0.4, -0.2) is 7.11 Å². The van der Waals surface area contributed by atoms with Crippen molar-refractivity contribution < 1.29 is 35.9 Å². The molecule has 0 N–H and O–H groups in total. The Morgan fingerprint density at radius 1 is 1.55 bits per heavy atom. The van der Waals surface area contributed by atoms with Crippen LogP contribution in [0.1, 0.15) is 12.5 Å². The Morgan fingerprint density at radius 2 is 2.27 bits per heavy atom. The van der Waals surface area contributed by atoms with Crippen molar-refractivity contribution in [2.45, 2.75) is 13.3 Å². The van der Waals surface area contributed by atoms with Crippen LogP contribution < -0.4 is 4.74 Å². The second-order valence-electron chi connectivity index (χ2n) is 2.07. The Hall–Kier alpha value is 0.0719. The van der Waals surface area contributed by atoms with Crippen LogP contribution in [-0.2, 0) is 6.42 Å². The largest absolute Gasteiger partial charge is 0.554 e. The molecule has 0 spiro atoms. The Balaban J connectivity index is 0.000001000. The average molecular weight is 373 g/mol. The summed E-state index contributed by atoms with van der Waals surface area (Å²) in [7, 11) is 1.68. The standard InChI is InChI=1S/C9H11O.U/c1-3-8-6-4-5-7-9(8)10-2;/h4-5,7H,3H2,1-2H3;/q-1;. The van der Waals surface area contributed by atoms with Crippen LogP contribution in [0.15, 0.2) is 18.2 Å². The van der Waals surface area contributed by atoms with E-state index in [0.29, 0.717) is 0 Å². The minimum Gasteiger partial charge on any atom is -0.554 e. The van der Waals surface area contributed by atoms with Gasteiger partial charge in [0.15, 0.2) is 0 Å². The first-order valence-electron chi connectivity index (χ1n) is 3.42. The molecular formula is C9H11OU-. The zero-order valence-electron chi connectivity index (χ0n) is 6.85. The number of benzene rings is 1. The molecule has 0 amide bonds. The maximum Gasteiger partial charge on any atom is 0.0607 e. The molecule has 11 heavy (non-hydrogen) atoms. The third-order valence-electron chi connectivity index (χ3n) is 1.47. The first-order valence-corrected chi connectivity index (χ1v) is 3.42. The number of hydrogen-bond acceptors (Lipinski definition) is 1. The van der Waals surface area contributed by atoms with Gasteiger partial charge in [-0.05, 0) is 0 Å². The number of methoxy groups -OCH3 is 1. The van der Waals surface area contributed by atoms with E-state index in [0.717, 1.165) is 17.7 Å². The molecule has 1 nitrogen and oxygen atoms in total. The van der Waals surface area contributed by atoms with E-state index in [1.807, 2.05) is 18.2 Å². The topological polar surface area (TPSA) is 9.23 Å². The van der Waals surface area contributed by atoms with E-state index in [-0.39, 0.29) is 31.1 Å². The maximum atomic E-state index is 5.10. The van der Waals surface area contributed by atoms with E-state index in [9.17, 15) is 0 Å². The van der Waals surface area contributed by atoms with Crippen LogP contribution >= 0.6 is 0 Å². The van der Waals surface area contributed by atoms with E-state index in [1.54, 1.807) is 7.11 Å². The molecule has 1 aromatic carbocycles. The van der Waals surface area contributed by atoms with E-state index in [4.69, 9.17) is 4.74 Å². The van der Waals surface area contributed by atoms with Gasteiger partial charge >= 0.3 is 0 Å². The number of aryl methyl sites for hydroxylation is 1. The molecule has 1 aromatic rings. The zero-order valence-corrected chi connectivity index (χ0v) is 11.0. The van der Waals surface area contributed by atoms with Gasteiger partial charge in [0.05, 0.1) is 7.11 Å². The molecule has 58 valence electrons.